The van der Waals surface area contributed by atoms with Gasteiger partial charge in [0.15, 0.2) is 6.10 Å². The molecule has 6 heteroatoms. The molecular weight excluding hydrogens is 354 g/mol. The minimum Gasteiger partial charge on any atom is -0.356 e. The zero-order valence-electron chi connectivity index (χ0n) is 16.0. The van der Waals surface area contributed by atoms with E-state index in [-0.39, 0.29) is 24.5 Å². The molecule has 1 aromatic heterocycles. The van der Waals surface area contributed by atoms with Crippen LogP contribution in [-0.4, -0.2) is 40.5 Å². The zero-order valence-corrected chi connectivity index (χ0v) is 16.0. The largest absolute Gasteiger partial charge is 0.356 e. The average molecular weight is 379 g/mol. The molecule has 28 heavy (non-hydrogen) atoms. The first-order chi connectivity index (χ1) is 13.7. The summed E-state index contributed by atoms with van der Waals surface area (Å²) in [6.07, 6.45) is 5.61. The first kappa shape index (κ1) is 18.6. The molecule has 0 radical (unpaired) electrons. The van der Waals surface area contributed by atoms with Gasteiger partial charge in [-0.15, -0.1) is 0 Å². The van der Waals surface area contributed by atoms with Crippen molar-refractivity contribution >= 4 is 11.8 Å². The van der Waals surface area contributed by atoms with E-state index in [0.29, 0.717) is 6.54 Å². The second kappa shape index (κ2) is 8.10. The predicted octanol–water partition coefficient (Wildman–Crippen LogP) is 2.39. The normalized spacial score (nSPS) is 21.8. The minimum atomic E-state index is -0.739. The summed E-state index contributed by atoms with van der Waals surface area (Å²) in [4.78, 5) is 31.4. The maximum absolute atomic E-state index is 13.4. The van der Waals surface area contributed by atoms with Gasteiger partial charge in [0.1, 0.15) is 6.61 Å². The van der Waals surface area contributed by atoms with E-state index in [1.54, 1.807) is 18.5 Å². The van der Waals surface area contributed by atoms with E-state index in [0.717, 1.165) is 30.4 Å². The van der Waals surface area contributed by atoms with Gasteiger partial charge in [-0.05, 0) is 42.0 Å². The molecule has 0 unspecified atom stereocenters. The first-order valence-corrected chi connectivity index (χ1v) is 9.85. The average Bonchev–Trinajstić information content (AvgIpc) is 3.58. The third kappa shape index (κ3) is 4.07. The monoisotopic (exact) mass is 379 g/mol. The number of rotatable bonds is 6. The van der Waals surface area contributed by atoms with E-state index >= 15 is 0 Å². The molecule has 2 fully saturated rings. The molecule has 2 amide bonds. The van der Waals surface area contributed by atoms with Crippen molar-refractivity contribution < 1.29 is 14.3 Å². The van der Waals surface area contributed by atoms with E-state index < -0.39 is 12.1 Å². The quantitative estimate of drug-likeness (QED) is 0.837. The standard InChI is InChI=1S/C22H25N3O3/c1-2-15-5-7-16(8-6-15)13-25(18-9-10-18)22(27)21-20(24-19(26)14-28-21)17-4-3-11-23-12-17/h3-8,11-12,18,20-21H,2,9-10,13-14H2,1H3,(H,24,26)/t20-,21+/m1/s1. The van der Waals surface area contributed by atoms with E-state index in [1.807, 2.05) is 11.0 Å². The van der Waals surface area contributed by atoms with Gasteiger partial charge >= 0.3 is 0 Å². The fraction of sp³-hybridized carbons (Fsp3) is 0.409. The van der Waals surface area contributed by atoms with Crippen LogP contribution in [0.5, 0.6) is 0 Å². The van der Waals surface area contributed by atoms with Crippen LogP contribution in [0, 0.1) is 0 Å². The van der Waals surface area contributed by atoms with Crippen molar-refractivity contribution in [1.29, 1.82) is 0 Å². The Hall–Kier alpha value is -2.73. The third-order valence-corrected chi connectivity index (χ3v) is 5.36. The molecule has 146 valence electrons. The number of ether oxygens (including phenoxy) is 1. The number of pyridine rings is 1. The highest BCUT2D eigenvalue weighted by Gasteiger charge is 2.42. The summed E-state index contributed by atoms with van der Waals surface area (Å²) in [5, 5.41) is 2.91. The Balaban J connectivity index is 1.55. The molecule has 6 nitrogen and oxygen atoms in total. The maximum Gasteiger partial charge on any atom is 0.254 e. The number of benzene rings is 1. The predicted molar refractivity (Wildman–Crippen MR) is 104 cm³/mol. The second-order valence-electron chi connectivity index (χ2n) is 7.43. The summed E-state index contributed by atoms with van der Waals surface area (Å²) in [6, 6.07) is 11.8. The molecular formula is C22H25N3O3. The van der Waals surface area contributed by atoms with Crippen LogP contribution in [-0.2, 0) is 27.3 Å². The molecule has 2 heterocycles. The maximum atomic E-state index is 13.4. The van der Waals surface area contributed by atoms with Crippen molar-refractivity contribution in [2.45, 2.75) is 50.9 Å². The number of carbonyl (C=O) groups is 2. The topological polar surface area (TPSA) is 71.5 Å². The molecule has 2 aromatic rings. The number of aryl methyl sites for hydroxylation is 1. The van der Waals surface area contributed by atoms with E-state index in [2.05, 4.69) is 41.5 Å². The van der Waals surface area contributed by atoms with Crippen molar-refractivity contribution in [2.75, 3.05) is 6.61 Å². The first-order valence-electron chi connectivity index (χ1n) is 9.85. The Labute approximate surface area is 164 Å². The van der Waals surface area contributed by atoms with Crippen LogP contribution in [0.4, 0.5) is 0 Å². The van der Waals surface area contributed by atoms with Gasteiger partial charge in [-0.3, -0.25) is 14.6 Å². The van der Waals surface area contributed by atoms with E-state index in [9.17, 15) is 9.59 Å². The number of carbonyl (C=O) groups excluding carboxylic acids is 2. The lowest BCUT2D eigenvalue weighted by Gasteiger charge is -2.35. The van der Waals surface area contributed by atoms with Crippen molar-refractivity contribution in [2.24, 2.45) is 0 Å². The molecule has 4 rings (SSSR count). The molecule has 0 spiro atoms. The summed E-state index contributed by atoms with van der Waals surface area (Å²) in [6.45, 7) is 2.58. The van der Waals surface area contributed by atoms with Crippen molar-refractivity contribution in [3.8, 4) is 0 Å². The molecule has 1 saturated heterocycles. The number of amides is 2. The van der Waals surface area contributed by atoms with Crippen LogP contribution in [0.2, 0.25) is 0 Å². The van der Waals surface area contributed by atoms with Gasteiger partial charge < -0.3 is 15.0 Å². The summed E-state index contributed by atoms with van der Waals surface area (Å²) < 4.78 is 5.72. The van der Waals surface area contributed by atoms with Gasteiger partial charge in [0, 0.05) is 25.0 Å². The Kier molecular flexibility index (Phi) is 5.39. The second-order valence-corrected chi connectivity index (χ2v) is 7.43. The molecule has 1 N–H and O–H groups in total. The minimum absolute atomic E-state index is 0.0732. The fourth-order valence-corrected chi connectivity index (χ4v) is 3.60. The molecule has 2 aliphatic rings. The van der Waals surface area contributed by atoms with Crippen LogP contribution in [0.3, 0.4) is 0 Å². The number of hydrogen-bond donors (Lipinski definition) is 1. The smallest absolute Gasteiger partial charge is 0.254 e. The molecule has 1 aliphatic carbocycles. The van der Waals surface area contributed by atoms with Gasteiger partial charge in [0.05, 0.1) is 6.04 Å². The highest BCUT2D eigenvalue weighted by Crippen LogP contribution is 2.32. The Bertz CT molecular complexity index is 834. The zero-order chi connectivity index (χ0) is 19.5. The molecule has 1 aliphatic heterocycles. The van der Waals surface area contributed by atoms with Crippen LogP contribution in [0.15, 0.2) is 48.8 Å². The summed E-state index contributed by atoms with van der Waals surface area (Å²) in [5.41, 5.74) is 3.16. The van der Waals surface area contributed by atoms with Crippen molar-refractivity contribution in [1.82, 2.24) is 15.2 Å². The summed E-state index contributed by atoms with van der Waals surface area (Å²) in [5.74, 6) is -0.290. The number of aromatic nitrogens is 1. The number of hydrogen-bond acceptors (Lipinski definition) is 4. The van der Waals surface area contributed by atoms with Crippen LogP contribution < -0.4 is 5.32 Å². The van der Waals surface area contributed by atoms with Gasteiger partial charge in [-0.25, -0.2) is 0 Å². The van der Waals surface area contributed by atoms with Crippen molar-refractivity contribution in [3.63, 3.8) is 0 Å². The molecule has 2 atom stereocenters. The lowest BCUT2D eigenvalue weighted by molar-refractivity contribution is -0.156. The number of nitrogens with one attached hydrogen (secondary N) is 1. The highest BCUT2D eigenvalue weighted by molar-refractivity contribution is 5.86. The van der Waals surface area contributed by atoms with E-state index in [1.165, 1.54) is 5.56 Å². The van der Waals surface area contributed by atoms with Crippen LogP contribution >= 0.6 is 0 Å². The third-order valence-electron chi connectivity index (χ3n) is 5.36. The highest BCUT2D eigenvalue weighted by atomic mass is 16.5. The van der Waals surface area contributed by atoms with E-state index in [4.69, 9.17) is 4.74 Å². The lowest BCUT2D eigenvalue weighted by atomic mass is 10.00. The SMILES string of the molecule is CCc1ccc(CN(C(=O)[C@H]2OCC(=O)N[C@@H]2c2cccnc2)C2CC2)cc1. The molecule has 1 saturated carbocycles. The van der Waals surface area contributed by atoms with Gasteiger partial charge in [-0.2, -0.15) is 0 Å². The Morgan fingerprint density at radius 2 is 1.96 bits per heavy atom. The summed E-state index contributed by atoms with van der Waals surface area (Å²) >= 11 is 0. The number of morpholine rings is 1. The van der Waals surface area contributed by atoms with Gasteiger partial charge in [-0.1, -0.05) is 37.3 Å². The molecule has 1 aromatic carbocycles. The Morgan fingerprint density at radius 3 is 2.61 bits per heavy atom. The van der Waals surface area contributed by atoms with Crippen LogP contribution in [0.1, 0.15) is 42.5 Å². The fourth-order valence-electron chi connectivity index (χ4n) is 3.60. The van der Waals surface area contributed by atoms with Crippen LogP contribution in [0.25, 0.3) is 0 Å². The molecule has 0 bridgehead atoms. The van der Waals surface area contributed by atoms with Crippen molar-refractivity contribution in [3.05, 3.63) is 65.5 Å². The number of nitrogens with zero attached hydrogens (tertiary/aromatic N) is 2. The lowest BCUT2D eigenvalue weighted by Crippen LogP contribution is -2.53. The summed E-state index contributed by atoms with van der Waals surface area (Å²) in [7, 11) is 0. The van der Waals surface area contributed by atoms with Gasteiger partial charge in [0.2, 0.25) is 5.91 Å². The van der Waals surface area contributed by atoms with Gasteiger partial charge in [0.25, 0.3) is 5.91 Å². The Morgan fingerprint density at radius 1 is 1.21 bits per heavy atom.